The van der Waals surface area contributed by atoms with Gasteiger partial charge in [-0.05, 0) is 26.2 Å². The Labute approximate surface area is 205 Å². The Hall–Kier alpha value is -1.88. The van der Waals surface area contributed by atoms with Crippen LogP contribution < -0.4 is 26.5 Å². The van der Waals surface area contributed by atoms with Crippen molar-refractivity contribution in [3.05, 3.63) is 0 Å². The van der Waals surface area contributed by atoms with Gasteiger partial charge in [-0.2, -0.15) is 0 Å². The predicted molar refractivity (Wildman–Crippen MR) is 136 cm³/mol. The monoisotopic (exact) mass is 502 g/mol. The molecule has 0 saturated heterocycles. The molecule has 0 atom stereocenters. The van der Waals surface area contributed by atoms with Crippen LogP contribution in [0.1, 0.15) is 116 Å². The second-order valence-electron chi connectivity index (χ2n) is 8.92. The summed E-state index contributed by atoms with van der Waals surface area (Å²) in [4.78, 5) is 23.2. The summed E-state index contributed by atoms with van der Waals surface area (Å²) < 4.78 is 25.9. The van der Waals surface area contributed by atoms with Gasteiger partial charge in [0.2, 0.25) is 21.8 Å². The first-order valence-corrected chi connectivity index (χ1v) is 14.7. The van der Waals surface area contributed by atoms with Crippen LogP contribution in [0.2, 0.25) is 0 Å². The molecular weight excluding hydrogens is 456 g/mol. The van der Waals surface area contributed by atoms with E-state index in [4.69, 9.17) is 0 Å². The summed E-state index contributed by atoms with van der Waals surface area (Å²) in [6.45, 7) is 2.33. The Bertz CT molecular complexity index is 700. The minimum absolute atomic E-state index is 0.147. The number of hydrogen-bond donors (Lipinski definition) is 5. The van der Waals surface area contributed by atoms with Gasteiger partial charge in [0, 0.05) is 25.8 Å². The highest BCUT2D eigenvalue weighted by molar-refractivity contribution is 7.90. The van der Waals surface area contributed by atoms with Gasteiger partial charge in [0.05, 0.1) is 5.75 Å². The third kappa shape index (κ3) is 17.6. The van der Waals surface area contributed by atoms with E-state index in [-0.39, 0.29) is 30.9 Å². The molecule has 1 aliphatic heterocycles. The lowest BCUT2D eigenvalue weighted by molar-refractivity contribution is -0.121. The van der Waals surface area contributed by atoms with E-state index in [0.717, 1.165) is 25.1 Å². The van der Waals surface area contributed by atoms with Gasteiger partial charge in [-0.25, -0.2) is 14.0 Å². The van der Waals surface area contributed by atoms with Gasteiger partial charge in [0.1, 0.15) is 5.84 Å². The molecule has 5 N–H and O–H groups in total. The minimum Gasteiger partial charge on any atom is -0.356 e. The van der Waals surface area contributed by atoms with Crippen LogP contribution >= 0.6 is 0 Å². The summed E-state index contributed by atoms with van der Waals surface area (Å²) in [5.41, 5.74) is 8.39. The lowest BCUT2D eigenvalue weighted by Crippen LogP contribution is -2.34. The fourth-order valence-corrected chi connectivity index (χ4v) is 4.92. The molecule has 0 aromatic heterocycles. The van der Waals surface area contributed by atoms with E-state index < -0.39 is 15.9 Å². The molecule has 0 spiro atoms. The van der Waals surface area contributed by atoms with Crippen LogP contribution in [0.3, 0.4) is 0 Å². The summed E-state index contributed by atoms with van der Waals surface area (Å²) in [6, 6.07) is 0. The van der Waals surface area contributed by atoms with Crippen molar-refractivity contribution in [2.75, 3.05) is 12.3 Å². The maximum absolute atomic E-state index is 11.9. The van der Waals surface area contributed by atoms with E-state index in [1.807, 2.05) is 6.92 Å². The zero-order valence-electron chi connectivity index (χ0n) is 20.9. The Kier molecular flexibility index (Phi) is 17.2. The molecule has 198 valence electrons. The van der Waals surface area contributed by atoms with Gasteiger partial charge in [0.25, 0.3) is 0 Å². The van der Waals surface area contributed by atoms with Crippen LogP contribution in [-0.2, 0) is 19.6 Å². The molecule has 0 aromatic rings. The van der Waals surface area contributed by atoms with E-state index in [9.17, 15) is 18.0 Å². The molecule has 0 radical (unpaired) electrons. The Morgan fingerprint density at radius 1 is 0.765 bits per heavy atom. The fourth-order valence-electron chi connectivity index (χ4n) is 3.85. The van der Waals surface area contributed by atoms with Crippen molar-refractivity contribution in [3.63, 3.8) is 0 Å². The lowest BCUT2D eigenvalue weighted by Gasteiger charge is -2.07. The van der Waals surface area contributed by atoms with Crippen LogP contribution in [0.5, 0.6) is 0 Å². The van der Waals surface area contributed by atoms with E-state index in [2.05, 4.69) is 31.6 Å². The van der Waals surface area contributed by atoms with Gasteiger partial charge >= 0.3 is 0 Å². The SMILES string of the molecule is CCNC(=O)CCCS(=O)(=O)NC(=O)CCCCCCCCCCCCCCCC1=NNNN1. The number of rotatable bonds is 22. The van der Waals surface area contributed by atoms with Crippen LogP contribution in [0, 0.1) is 0 Å². The molecule has 2 amide bonds. The Balaban J connectivity index is 1.83. The molecule has 34 heavy (non-hydrogen) atoms. The van der Waals surface area contributed by atoms with E-state index >= 15 is 0 Å². The number of hydrazine groups is 2. The van der Waals surface area contributed by atoms with Gasteiger partial charge in [-0.15, -0.1) is 10.6 Å². The number of amides is 2. The zero-order valence-corrected chi connectivity index (χ0v) is 21.7. The number of nitrogens with zero attached hydrogens (tertiary/aromatic N) is 1. The van der Waals surface area contributed by atoms with Crippen molar-refractivity contribution >= 4 is 27.7 Å². The van der Waals surface area contributed by atoms with Crippen molar-refractivity contribution in [1.82, 2.24) is 26.5 Å². The van der Waals surface area contributed by atoms with Gasteiger partial charge in [-0.1, -0.05) is 70.6 Å². The molecule has 1 heterocycles. The molecule has 1 aliphatic rings. The number of nitrogens with one attached hydrogen (secondary N) is 5. The predicted octanol–water partition coefficient (Wildman–Crippen LogP) is 3.13. The first-order valence-electron chi connectivity index (χ1n) is 13.1. The van der Waals surface area contributed by atoms with Gasteiger partial charge in [-0.3, -0.25) is 19.7 Å². The summed E-state index contributed by atoms with van der Waals surface area (Å²) in [5.74, 6) is 0.156. The number of carbonyl (C=O) groups excluding carboxylic acids is 2. The third-order valence-electron chi connectivity index (χ3n) is 5.73. The number of unbranched alkanes of at least 4 members (excludes halogenated alkanes) is 12. The normalized spacial score (nSPS) is 13.1. The summed E-state index contributed by atoms with van der Waals surface area (Å²) in [5, 5.41) is 6.69. The van der Waals surface area contributed by atoms with Crippen LogP contribution in [0.25, 0.3) is 0 Å². The minimum atomic E-state index is -3.66. The standard InChI is InChI=1S/C23H46N6O4S/c1-2-24-22(30)19-16-20-34(32,33)27-23(31)18-15-13-11-9-7-5-3-4-6-8-10-12-14-17-21-25-28-29-26-21/h28-29H,2-20H2,1H3,(H,24,30)(H,25,26)(H,27,31). The molecule has 0 aromatic carbocycles. The highest BCUT2D eigenvalue weighted by Gasteiger charge is 2.14. The van der Waals surface area contributed by atoms with E-state index in [0.29, 0.717) is 13.0 Å². The first kappa shape index (κ1) is 30.2. The lowest BCUT2D eigenvalue weighted by atomic mass is 10.0. The average molecular weight is 503 g/mol. The molecule has 10 nitrogen and oxygen atoms in total. The smallest absolute Gasteiger partial charge is 0.234 e. The highest BCUT2D eigenvalue weighted by Crippen LogP contribution is 2.13. The van der Waals surface area contributed by atoms with Crippen LogP contribution in [0.4, 0.5) is 0 Å². The van der Waals surface area contributed by atoms with Crippen LogP contribution in [-0.4, -0.2) is 38.4 Å². The number of carbonyl (C=O) groups is 2. The zero-order chi connectivity index (χ0) is 24.9. The third-order valence-corrected chi connectivity index (χ3v) is 7.10. The summed E-state index contributed by atoms with van der Waals surface area (Å²) in [6.07, 6.45) is 16.9. The second kappa shape index (κ2) is 19.4. The van der Waals surface area contributed by atoms with Crippen molar-refractivity contribution in [1.29, 1.82) is 0 Å². The van der Waals surface area contributed by atoms with Crippen molar-refractivity contribution < 1.29 is 18.0 Å². The van der Waals surface area contributed by atoms with E-state index in [1.165, 1.54) is 64.2 Å². The quantitative estimate of drug-likeness (QED) is 0.143. The Morgan fingerprint density at radius 3 is 1.82 bits per heavy atom. The molecule has 0 unspecified atom stereocenters. The molecule has 1 rings (SSSR count). The van der Waals surface area contributed by atoms with Gasteiger partial charge in [0.15, 0.2) is 0 Å². The number of sulfonamides is 1. The van der Waals surface area contributed by atoms with Gasteiger partial charge < -0.3 is 5.32 Å². The molecule has 11 heteroatoms. The number of hydrogen-bond acceptors (Lipinski definition) is 8. The average Bonchev–Trinajstić information content (AvgIpc) is 3.29. The molecule has 0 aliphatic carbocycles. The van der Waals surface area contributed by atoms with Crippen molar-refractivity contribution in [3.8, 4) is 0 Å². The van der Waals surface area contributed by atoms with Crippen molar-refractivity contribution in [2.24, 2.45) is 5.10 Å². The number of amidine groups is 1. The summed E-state index contributed by atoms with van der Waals surface area (Å²) >= 11 is 0. The summed E-state index contributed by atoms with van der Waals surface area (Å²) in [7, 11) is -3.66. The molecule has 0 fully saturated rings. The number of hydrazone groups is 1. The first-order chi connectivity index (χ1) is 16.4. The van der Waals surface area contributed by atoms with Crippen LogP contribution in [0.15, 0.2) is 5.10 Å². The molecular formula is C23H46N6O4S. The molecule has 0 bridgehead atoms. The fraction of sp³-hybridized carbons (Fsp3) is 0.870. The van der Waals surface area contributed by atoms with E-state index in [1.54, 1.807) is 0 Å². The largest absolute Gasteiger partial charge is 0.356 e. The highest BCUT2D eigenvalue weighted by atomic mass is 32.2. The van der Waals surface area contributed by atoms with Crippen molar-refractivity contribution in [2.45, 2.75) is 116 Å². The maximum Gasteiger partial charge on any atom is 0.234 e. The maximum atomic E-state index is 11.9. The molecule has 0 saturated carbocycles. The Morgan fingerprint density at radius 2 is 1.29 bits per heavy atom. The topological polar surface area (TPSA) is 141 Å². The second-order valence-corrected chi connectivity index (χ2v) is 10.8.